The summed E-state index contributed by atoms with van der Waals surface area (Å²) in [5, 5.41) is 3.10. The highest BCUT2D eigenvalue weighted by Gasteiger charge is 2.49. The fourth-order valence-electron chi connectivity index (χ4n) is 2.95. The van der Waals surface area contributed by atoms with E-state index in [-0.39, 0.29) is 17.9 Å². The van der Waals surface area contributed by atoms with Crippen LogP contribution in [0.25, 0.3) is 0 Å². The van der Waals surface area contributed by atoms with Gasteiger partial charge in [-0.25, -0.2) is 0 Å². The summed E-state index contributed by atoms with van der Waals surface area (Å²) < 4.78 is 0. The highest BCUT2D eigenvalue weighted by atomic mass is 16.2. The molecule has 0 aromatic heterocycles. The molecule has 17 heavy (non-hydrogen) atoms. The topological polar surface area (TPSA) is 55.1 Å². The van der Waals surface area contributed by atoms with Gasteiger partial charge in [0.1, 0.15) is 0 Å². The van der Waals surface area contributed by atoms with E-state index < -0.39 is 0 Å². The lowest BCUT2D eigenvalue weighted by Crippen LogP contribution is -2.50. The summed E-state index contributed by atoms with van der Waals surface area (Å²) in [5.41, 5.74) is 6.39. The van der Waals surface area contributed by atoms with Crippen molar-refractivity contribution in [2.24, 2.45) is 23.0 Å². The summed E-state index contributed by atoms with van der Waals surface area (Å²) in [6.07, 6.45) is 7.64. The zero-order valence-electron chi connectivity index (χ0n) is 11.2. The van der Waals surface area contributed by atoms with Gasteiger partial charge in [-0.05, 0) is 42.9 Å². The zero-order valence-corrected chi connectivity index (χ0v) is 11.2. The van der Waals surface area contributed by atoms with Gasteiger partial charge < -0.3 is 11.1 Å². The Hall–Kier alpha value is -0.570. The Balaban J connectivity index is 1.79. The molecule has 98 valence electrons. The molecule has 3 N–H and O–H groups in total. The Bertz CT molecular complexity index is 282. The Labute approximate surface area is 105 Å². The van der Waals surface area contributed by atoms with Crippen molar-refractivity contribution in [3.05, 3.63) is 0 Å². The van der Waals surface area contributed by atoms with Gasteiger partial charge in [-0.2, -0.15) is 0 Å². The summed E-state index contributed by atoms with van der Waals surface area (Å²) in [5.74, 6) is 1.20. The average molecular weight is 238 g/mol. The molecule has 0 heterocycles. The Morgan fingerprint density at radius 2 is 2.12 bits per heavy atom. The minimum absolute atomic E-state index is 0.0475. The summed E-state index contributed by atoms with van der Waals surface area (Å²) in [4.78, 5) is 11.9. The van der Waals surface area contributed by atoms with Gasteiger partial charge >= 0.3 is 0 Å². The van der Waals surface area contributed by atoms with Gasteiger partial charge in [0, 0.05) is 6.54 Å². The number of nitrogens with two attached hydrogens (primary N) is 1. The van der Waals surface area contributed by atoms with Gasteiger partial charge in [-0.15, -0.1) is 0 Å². The molecular formula is C14H26N2O. The van der Waals surface area contributed by atoms with Crippen LogP contribution in [0, 0.1) is 17.3 Å². The maximum atomic E-state index is 11.9. The Kier molecular flexibility index (Phi) is 3.76. The molecule has 0 radical (unpaired) electrons. The number of carbonyl (C=O) groups is 1. The Morgan fingerprint density at radius 1 is 1.47 bits per heavy atom. The number of hydrogen-bond donors (Lipinski definition) is 2. The first-order valence-electron chi connectivity index (χ1n) is 7.12. The number of amides is 1. The van der Waals surface area contributed by atoms with Crippen molar-refractivity contribution in [2.75, 3.05) is 6.54 Å². The highest BCUT2D eigenvalue weighted by Crippen LogP contribution is 2.56. The van der Waals surface area contributed by atoms with Crippen LogP contribution in [0.2, 0.25) is 0 Å². The molecule has 0 spiro atoms. The van der Waals surface area contributed by atoms with Crippen LogP contribution in [-0.2, 0) is 4.79 Å². The minimum atomic E-state index is -0.337. The van der Waals surface area contributed by atoms with Gasteiger partial charge in [0.15, 0.2) is 0 Å². The average Bonchev–Trinajstić information content (AvgIpc) is 3.09. The van der Waals surface area contributed by atoms with E-state index in [0.717, 1.165) is 18.9 Å². The predicted octanol–water partition coefficient (Wildman–Crippen LogP) is 2.06. The first kappa shape index (κ1) is 12.9. The zero-order chi connectivity index (χ0) is 12.5. The van der Waals surface area contributed by atoms with Crippen LogP contribution in [0.3, 0.4) is 0 Å². The third-order valence-electron chi connectivity index (χ3n) is 4.97. The third-order valence-corrected chi connectivity index (χ3v) is 4.97. The third kappa shape index (κ3) is 2.65. The Morgan fingerprint density at radius 3 is 2.53 bits per heavy atom. The van der Waals surface area contributed by atoms with Crippen LogP contribution >= 0.6 is 0 Å². The van der Waals surface area contributed by atoms with Crippen LogP contribution in [0.5, 0.6) is 0 Å². The molecule has 2 saturated carbocycles. The van der Waals surface area contributed by atoms with Crippen LogP contribution in [0.1, 0.15) is 52.4 Å². The van der Waals surface area contributed by atoms with E-state index in [9.17, 15) is 4.79 Å². The van der Waals surface area contributed by atoms with Gasteiger partial charge in [-0.3, -0.25) is 4.79 Å². The van der Waals surface area contributed by atoms with Crippen molar-refractivity contribution in [3.8, 4) is 0 Å². The molecule has 2 aliphatic carbocycles. The van der Waals surface area contributed by atoms with E-state index in [2.05, 4.69) is 12.2 Å². The summed E-state index contributed by atoms with van der Waals surface area (Å²) in [6.45, 7) is 4.99. The number of hydrogen-bond acceptors (Lipinski definition) is 2. The first-order valence-corrected chi connectivity index (χ1v) is 7.12. The van der Waals surface area contributed by atoms with Crippen molar-refractivity contribution in [1.82, 2.24) is 5.32 Å². The summed E-state index contributed by atoms with van der Waals surface area (Å²) in [6, 6.07) is -0.337. The molecule has 2 atom stereocenters. The summed E-state index contributed by atoms with van der Waals surface area (Å²) >= 11 is 0. The van der Waals surface area contributed by atoms with Crippen molar-refractivity contribution in [1.29, 1.82) is 0 Å². The molecule has 2 aliphatic rings. The molecule has 0 aromatic rings. The van der Waals surface area contributed by atoms with Gasteiger partial charge in [-0.1, -0.05) is 26.7 Å². The van der Waals surface area contributed by atoms with Crippen LogP contribution < -0.4 is 11.1 Å². The fraction of sp³-hybridized carbons (Fsp3) is 0.929. The van der Waals surface area contributed by atoms with Crippen molar-refractivity contribution < 1.29 is 4.79 Å². The van der Waals surface area contributed by atoms with Crippen LogP contribution in [0.15, 0.2) is 0 Å². The molecule has 2 fully saturated rings. The molecule has 0 bridgehead atoms. The highest BCUT2D eigenvalue weighted by molar-refractivity contribution is 5.81. The lowest BCUT2D eigenvalue weighted by molar-refractivity contribution is -0.124. The molecular weight excluding hydrogens is 212 g/mol. The van der Waals surface area contributed by atoms with Crippen LogP contribution in [-0.4, -0.2) is 18.5 Å². The molecule has 2 unspecified atom stereocenters. The summed E-state index contributed by atoms with van der Waals surface area (Å²) in [7, 11) is 0. The second kappa shape index (κ2) is 4.97. The smallest absolute Gasteiger partial charge is 0.237 e. The molecule has 1 amide bonds. The van der Waals surface area contributed by atoms with E-state index in [1.807, 2.05) is 6.92 Å². The van der Waals surface area contributed by atoms with Crippen LogP contribution in [0.4, 0.5) is 0 Å². The number of rotatable bonds is 6. The predicted molar refractivity (Wildman–Crippen MR) is 69.4 cm³/mol. The maximum Gasteiger partial charge on any atom is 0.237 e. The standard InChI is InChI=1S/C14H26N2O/c1-3-10(2)12(15)13(17)16-9-14(7-4-8-14)11-5-6-11/h10-12H,3-9,15H2,1-2H3,(H,16,17). The fourth-order valence-corrected chi connectivity index (χ4v) is 2.95. The van der Waals surface area contributed by atoms with Gasteiger partial charge in [0.25, 0.3) is 0 Å². The molecule has 3 heteroatoms. The normalized spacial score (nSPS) is 25.8. The second-order valence-electron chi connectivity index (χ2n) is 6.12. The second-order valence-corrected chi connectivity index (χ2v) is 6.12. The lowest BCUT2D eigenvalue weighted by Gasteiger charge is -2.43. The van der Waals surface area contributed by atoms with Crippen molar-refractivity contribution >= 4 is 5.91 Å². The number of carbonyl (C=O) groups excluding carboxylic acids is 1. The van der Waals surface area contributed by atoms with E-state index in [4.69, 9.17) is 5.73 Å². The molecule has 0 aliphatic heterocycles. The van der Waals surface area contributed by atoms with E-state index in [0.29, 0.717) is 5.41 Å². The van der Waals surface area contributed by atoms with E-state index in [1.54, 1.807) is 0 Å². The molecule has 2 rings (SSSR count). The number of nitrogens with one attached hydrogen (secondary N) is 1. The van der Waals surface area contributed by atoms with E-state index >= 15 is 0 Å². The van der Waals surface area contributed by atoms with Gasteiger partial charge in [0.05, 0.1) is 6.04 Å². The first-order chi connectivity index (χ1) is 8.09. The maximum absolute atomic E-state index is 11.9. The van der Waals surface area contributed by atoms with E-state index in [1.165, 1.54) is 32.1 Å². The van der Waals surface area contributed by atoms with Gasteiger partial charge in [0.2, 0.25) is 5.91 Å². The molecule has 0 aromatic carbocycles. The van der Waals surface area contributed by atoms with Crippen molar-refractivity contribution in [2.45, 2.75) is 58.4 Å². The van der Waals surface area contributed by atoms with Crippen molar-refractivity contribution in [3.63, 3.8) is 0 Å². The quantitative estimate of drug-likeness (QED) is 0.744. The molecule has 0 saturated heterocycles. The minimum Gasteiger partial charge on any atom is -0.354 e. The molecule has 3 nitrogen and oxygen atoms in total. The SMILES string of the molecule is CCC(C)C(N)C(=O)NCC1(C2CC2)CCC1. The lowest BCUT2D eigenvalue weighted by atomic mass is 9.65. The largest absolute Gasteiger partial charge is 0.354 e. The monoisotopic (exact) mass is 238 g/mol.